The fourth-order valence-corrected chi connectivity index (χ4v) is 3.92. The van der Waals surface area contributed by atoms with Crippen molar-refractivity contribution in [3.8, 4) is 0 Å². The highest BCUT2D eigenvalue weighted by atomic mass is 79.9. The van der Waals surface area contributed by atoms with Crippen molar-refractivity contribution in [2.45, 2.75) is 25.9 Å². The fraction of sp³-hybridized carbons (Fsp3) is 0.375. The normalized spacial score (nSPS) is 12.8. The monoisotopic (exact) mass is 352 g/mol. The van der Waals surface area contributed by atoms with Gasteiger partial charge in [0.2, 0.25) is 0 Å². The summed E-state index contributed by atoms with van der Waals surface area (Å²) in [5.74, 6) is 0. The van der Waals surface area contributed by atoms with Crippen LogP contribution in [0.4, 0.5) is 0 Å². The first-order valence-corrected chi connectivity index (χ1v) is 8.53. The molecule has 0 aliphatic carbocycles. The van der Waals surface area contributed by atoms with E-state index in [0.29, 0.717) is 6.54 Å². The second kappa shape index (κ2) is 7.36. The van der Waals surface area contributed by atoms with Crippen molar-refractivity contribution in [3.63, 3.8) is 0 Å². The molecule has 2 rings (SSSR count). The zero-order valence-electron chi connectivity index (χ0n) is 12.0. The van der Waals surface area contributed by atoms with Crippen LogP contribution in [-0.4, -0.2) is 18.5 Å². The lowest BCUT2D eigenvalue weighted by atomic mass is 10.1. The quantitative estimate of drug-likeness (QED) is 0.843. The molecule has 0 aliphatic rings. The van der Waals surface area contributed by atoms with Crippen LogP contribution in [0.15, 0.2) is 40.2 Å². The van der Waals surface area contributed by atoms with E-state index in [1.807, 2.05) is 0 Å². The molecular weight excluding hydrogens is 332 g/mol. The van der Waals surface area contributed by atoms with Gasteiger partial charge in [-0.3, -0.25) is 4.90 Å². The Morgan fingerprint density at radius 3 is 2.40 bits per heavy atom. The second-order valence-corrected chi connectivity index (χ2v) is 6.86. The minimum Gasteiger partial charge on any atom is -0.329 e. The number of nitrogens with zero attached hydrogens (tertiary/aromatic N) is 1. The maximum absolute atomic E-state index is 5.96. The smallest absolute Gasteiger partial charge is 0.0565 e. The Kier molecular flexibility index (Phi) is 5.78. The molecule has 0 bridgehead atoms. The number of aryl methyl sites for hydroxylation is 1. The van der Waals surface area contributed by atoms with Crippen LogP contribution in [0.25, 0.3) is 0 Å². The van der Waals surface area contributed by atoms with E-state index in [1.54, 1.807) is 11.3 Å². The van der Waals surface area contributed by atoms with Crippen LogP contribution in [0.2, 0.25) is 0 Å². The maximum atomic E-state index is 5.96. The molecule has 0 saturated heterocycles. The molecule has 2 N–H and O–H groups in total. The molecule has 2 nitrogen and oxygen atoms in total. The average molecular weight is 353 g/mol. The van der Waals surface area contributed by atoms with Gasteiger partial charge in [-0.05, 0) is 46.6 Å². The largest absolute Gasteiger partial charge is 0.329 e. The van der Waals surface area contributed by atoms with Gasteiger partial charge in [0.05, 0.1) is 6.04 Å². The van der Waals surface area contributed by atoms with E-state index >= 15 is 0 Å². The van der Waals surface area contributed by atoms with Gasteiger partial charge in [-0.15, -0.1) is 11.3 Å². The molecule has 0 saturated carbocycles. The molecular formula is C16H21BrN2S. The summed E-state index contributed by atoms with van der Waals surface area (Å²) in [6.07, 6.45) is 1.09. The lowest BCUT2D eigenvalue weighted by Gasteiger charge is -2.26. The number of rotatable bonds is 6. The number of likely N-dealkylation sites (N-methyl/N-ethyl adjacent to an activating group) is 1. The summed E-state index contributed by atoms with van der Waals surface area (Å²) in [5, 5.41) is 2.11. The molecule has 1 aromatic carbocycles. The molecule has 0 spiro atoms. The second-order valence-electron chi connectivity index (χ2n) is 5.00. The van der Waals surface area contributed by atoms with E-state index < -0.39 is 0 Å². The van der Waals surface area contributed by atoms with Crippen LogP contribution < -0.4 is 5.73 Å². The van der Waals surface area contributed by atoms with Gasteiger partial charge in [-0.2, -0.15) is 0 Å². The first-order valence-electron chi connectivity index (χ1n) is 6.86. The molecule has 0 aliphatic heterocycles. The van der Waals surface area contributed by atoms with E-state index in [-0.39, 0.29) is 6.04 Å². The summed E-state index contributed by atoms with van der Waals surface area (Å²) in [4.78, 5) is 3.63. The third-order valence-electron chi connectivity index (χ3n) is 3.53. The molecule has 0 fully saturated rings. The molecule has 0 amide bonds. The van der Waals surface area contributed by atoms with Gasteiger partial charge in [-0.1, -0.05) is 31.2 Å². The average Bonchev–Trinajstić information content (AvgIpc) is 2.87. The summed E-state index contributed by atoms with van der Waals surface area (Å²) in [7, 11) is 2.14. The summed E-state index contributed by atoms with van der Waals surface area (Å²) in [6, 6.07) is 11.3. The number of thiophene rings is 1. The van der Waals surface area contributed by atoms with E-state index in [2.05, 4.69) is 70.5 Å². The van der Waals surface area contributed by atoms with Gasteiger partial charge in [0.1, 0.15) is 0 Å². The maximum Gasteiger partial charge on any atom is 0.0565 e. The van der Waals surface area contributed by atoms with Crippen LogP contribution in [-0.2, 0) is 13.0 Å². The molecule has 1 heterocycles. The van der Waals surface area contributed by atoms with Crippen molar-refractivity contribution in [2.75, 3.05) is 13.6 Å². The van der Waals surface area contributed by atoms with Crippen LogP contribution in [0.3, 0.4) is 0 Å². The SMILES string of the molecule is CCc1ccc(CN(C)C(CN)c2cc(Br)cs2)cc1. The number of hydrogen-bond acceptors (Lipinski definition) is 3. The summed E-state index contributed by atoms with van der Waals surface area (Å²) in [6.45, 7) is 3.73. The van der Waals surface area contributed by atoms with Crippen LogP contribution in [0.5, 0.6) is 0 Å². The van der Waals surface area contributed by atoms with Gasteiger partial charge in [0, 0.05) is 27.8 Å². The summed E-state index contributed by atoms with van der Waals surface area (Å²) < 4.78 is 1.14. The lowest BCUT2D eigenvalue weighted by molar-refractivity contribution is 0.245. The summed E-state index contributed by atoms with van der Waals surface area (Å²) in [5.41, 5.74) is 8.68. The minimum atomic E-state index is 0.275. The first-order chi connectivity index (χ1) is 9.63. The number of halogens is 1. The van der Waals surface area contributed by atoms with Crippen molar-refractivity contribution in [3.05, 3.63) is 56.2 Å². The topological polar surface area (TPSA) is 29.3 Å². The lowest BCUT2D eigenvalue weighted by Crippen LogP contribution is -2.29. The Balaban J connectivity index is 2.06. The van der Waals surface area contributed by atoms with Gasteiger partial charge >= 0.3 is 0 Å². The molecule has 4 heteroatoms. The van der Waals surface area contributed by atoms with Gasteiger partial charge in [0.15, 0.2) is 0 Å². The van der Waals surface area contributed by atoms with E-state index in [4.69, 9.17) is 5.73 Å². The molecule has 20 heavy (non-hydrogen) atoms. The highest BCUT2D eigenvalue weighted by Gasteiger charge is 2.17. The Morgan fingerprint density at radius 1 is 1.25 bits per heavy atom. The standard InChI is InChI=1S/C16H21BrN2S/c1-3-12-4-6-13(7-5-12)10-19(2)15(9-18)16-8-14(17)11-20-16/h4-8,11,15H,3,9-10,18H2,1-2H3. The molecule has 1 atom stereocenters. The third kappa shape index (κ3) is 3.92. The molecule has 1 aromatic heterocycles. The van der Waals surface area contributed by atoms with Crippen LogP contribution >= 0.6 is 27.3 Å². The van der Waals surface area contributed by atoms with Crippen LogP contribution in [0.1, 0.15) is 29.0 Å². The number of hydrogen-bond donors (Lipinski definition) is 1. The zero-order valence-corrected chi connectivity index (χ0v) is 14.4. The fourth-order valence-electron chi connectivity index (χ4n) is 2.29. The van der Waals surface area contributed by atoms with Crippen molar-refractivity contribution in [2.24, 2.45) is 5.73 Å². The molecule has 1 unspecified atom stereocenters. The third-order valence-corrected chi connectivity index (χ3v) is 5.33. The summed E-state index contributed by atoms with van der Waals surface area (Å²) >= 11 is 5.27. The Labute approximate surface area is 133 Å². The van der Waals surface area contributed by atoms with Crippen LogP contribution in [0, 0.1) is 0 Å². The zero-order chi connectivity index (χ0) is 14.5. The van der Waals surface area contributed by atoms with E-state index in [1.165, 1.54) is 16.0 Å². The van der Waals surface area contributed by atoms with Crippen molar-refractivity contribution in [1.29, 1.82) is 0 Å². The Morgan fingerprint density at radius 2 is 1.90 bits per heavy atom. The highest BCUT2D eigenvalue weighted by molar-refractivity contribution is 9.10. The van der Waals surface area contributed by atoms with Crippen molar-refractivity contribution in [1.82, 2.24) is 4.90 Å². The van der Waals surface area contributed by atoms with E-state index in [9.17, 15) is 0 Å². The van der Waals surface area contributed by atoms with Crippen molar-refractivity contribution < 1.29 is 0 Å². The van der Waals surface area contributed by atoms with Gasteiger partial charge in [0.25, 0.3) is 0 Å². The minimum absolute atomic E-state index is 0.275. The Hall–Kier alpha value is -0.680. The Bertz CT molecular complexity index is 536. The molecule has 0 radical (unpaired) electrons. The van der Waals surface area contributed by atoms with Gasteiger partial charge in [-0.25, -0.2) is 0 Å². The van der Waals surface area contributed by atoms with Crippen molar-refractivity contribution >= 4 is 27.3 Å². The number of nitrogens with two attached hydrogens (primary N) is 1. The predicted octanol–water partition coefficient (Wildman–Crippen LogP) is 4.20. The highest BCUT2D eigenvalue weighted by Crippen LogP contribution is 2.29. The first kappa shape index (κ1) is 15.7. The molecule has 2 aromatic rings. The molecule has 108 valence electrons. The number of benzene rings is 1. The predicted molar refractivity (Wildman–Crippen MR) is 91.1 cm³/mol. The van der Waals surface area contributed by atoms with Gasteiger partial charge < -0.3 is 5.73 Å². The van der Waals surface area contributed by atoms with E-state index in [0.717, 1.165) is 17.4 Å².